The third-order valence-electron chi connectivity index (χ3n) is 6.21. The quantitative estimate of drug-likeness (QED) is 0.559. The summed E-state index contributed by atoms with van der Waals surface area (Å²) in [5.41, 5.74) is 6.64. The summed E-state index contributed by atoms with van der Waals surface area (Å²) in [6, 6.07) is 30.5. The van der Waals surface area contributed by atoms with Gasteiger partial charge in [-0.3, -0.25) is 0 Å². The predicted molar refractivity (Wildman–Crippen MR) is 121 cm³/mol. The maximum absolute atomic E-state index is 3.81. The highest BCUT2D eigenvalue weighted by Gasteiger charge is 2.42. The molecule has 2 unspecified atom stereocenters. The Bertz CT molecular complexity index is 1080. The summed E-state index contributed by atoms with van der Waals surface area (Å²) in [5.74, 6) is 0. The molecular formula is C28H25N. The van der Waals surface area contributed by atoms with Crippen molar-refractivity contribution in [1.82, 2.24) is 5.32 Å². The summed E-state index contributed by atoms with van der Waals surface area (Å²) < 4.78 is 0. The third kappa shape index (κ3) is 3.39. The van der Waals surface area contributed by atoms with E-state index in [4.69, 9.17) is 0 Å². The lowest BCUT2D eigenvalue weighted by atomic mass is 9.67. The molecule has 1 nitrogen and oxygen atoms in total. The summed E-state index contributed by atoms with van der Waals surface area (Å²) in [4.78, 5) is 0. The van der Waals surface area contributed by atoms with Crippen molar-refractivity contribution in [2.75, 3.05) is 0 Å². The number of allylic oxidation sites excluding steroid dienone is 4. The number of fused-ring (bicyclic) bond motifs is 1. The van der Waals surface area contributed by atoms with Gasteiger partial charge in [0.2, 0.25) is 0 Å². The lowest BCUT2D eigenvalue weighted by Crippen LogP contribution is -2.37. The molecule has 2 aliphatic rings. The van der Waals surface area contributed by atoms with Crippen LogP contribution in [0.25, 0.3) is 6.08 Å². The van der Waals surface area contributed by atoms with E-state index >= 15 is 0 Å². The zero-order chi connectivity index (χ0) is 19.5. The molecule has 142 valence electrons. The summed E-state index contributed by atoms with van der Waals surface area (Å²) in [6.45, 7) is 0.938. The number of rotatable bonds is 4. The van der Waals surface area contributed by atoms with E-state index in [0.29, 0.717) is 0 Å². The molecular weight excluding hydrogens is 350 g/mol. The van der Waals surface area contributed by atoms with E-state index in [0.717, 1.165) is 13.0 Å². The highest BCUT2D eigenvalue weighted by Crippen LogP contribution is 2.47. The zero-order valence-electron chi connectivity index (χ0n) is 16.5. The molecule has 0 spiro atoms. The van der Waals surface area contributed by atoms with Crippen LogP contribution in [0.4, 0.5) is 0 Å². The molecule has 0 saturated heterocycles. The molecule has 0 radical (unpaired) electrons. The Balaban J connectivity index is 1.49. The van der Waals surface area contributed by atoms with Crippen LogP contribution in [-0.2, 0) is 12.0 Å². The first-order valence-electron chi connectivity index (χ1n) is 10.3. The lowest BCUT2D eigenvalue weighted by Gasteiger charge is -2.39. The topological polar surface area (TPSA) is 12.0 Å². The van der Waals surface area contributed by atoms with Crippen molar-refractivity contribution in [2.45, 2.75) is 24.4 Å². The van der Waals surface area contributed by atoms with Gasteiger partial charge in [0.15, 0.2) is 0 Å². The largest absolute Gasteiger partial charge is 0.305 e. The van der Waals surface area contributed by atoms with E-state index in [9.17, 15) is 0 Å². The van der Waals surface area contributed by atoms with Crippen LogP contribution >= 0.6 is 0 Å². The smallest absolute Gasteiger partial charge is 0.0462 e. The molecule has 1 aliphatic heterocycles. The van der Waals surface area contributed by atoms with Gasteiger partial charge in [-0.2, -0.15) is 0 Å². The molecule has 0 fully saturated rings. The second-order valence-corrected chi connectivity index (χ2v) is 7.90. The molecule has 2 atom stereocenters. The first kappa shape index (κ1) is 17.9. The molecule has 1 aliphatic carbocycles. The normalized spacial score (nSPS) is 23.2. The second kappa shape index (κ2) is 7.69. The van der Waals surface area contributed by atoms with Gasteiger partial charge in [-0.15, -0.1) is 0 Å². The SMILES string of the molecule is C(=Cc1ccccc1)C1=CCC(c2ccccc2)(C2NCc3ccccc32)C=C1. The molecule has 0 amide bonds. The minimum absolute atomic E-state index is 0.0715. The van der Waals surface area contributed by atoms with Gasteiger partial charge in [-0.1, -0.05) is 115 Å². The van der Waals surface area contributed by atoms with Crippen LogP contribution in [0, 0.1) is 0 Å². The molecule has 1 heterocycles. The van der Waals surface area contributed by atoms with Gasteiger partial charge in [0.05, 0.1) is 0 Å². The van der Waals surface area contributed by atoms with Crippen LogP contribution in [0.1, 0.15) is 34.7 Å². The average molecular weight is 376 g/mol. The Morgan fingerprint density at radius 3 is 2.28 bits per heavy atom. The van der Waals surface area contributed by atoms with Crippen LogP contribution in [-0.4, -0.2) is 0 Å². The van der Waals surface area contributed by atoms with Gasteiger partial charge >= 0.3 is 0 Å². The fraction of sp³-hybridized carbons (Fsp3) is 0.143. The number of benzene rings is 3. The Morgan fingerprint density at radius 1 is 0.793 bits per heavy atom. The van der Waals surface area contributed by atoms with E-state index in [1.165, 1.54) is 27.8 Å². The average Bonchev–Trinajstić information content (AvgIpc) is 3.24. The summed E-state index contributed by atoms with van der Waals surface area (Å²) in [7, 11) is 0. The van der Waals surface area contributed by atoms with E-state index in [-0.39, 0.29) is 11.5 Å². The molecule has 1 heteroatoms. The summed E-state index contributed by atoms with van der Waals surface area (Å²) in [6.07, 6.45) is 12.5. The van der Waals surface area contributed by atoms with Crippen molar-refractivity contribution in [3.8, 4) is 0 Å². The minimum atomic E-state index is -0.0715. The van der Waals surface area contributed by atoms with Crippen LogP contribution in [0.3, 0.4) is 0 Å². The van der Waals surface area contributed by atoms with Crippen LogP contribution < -0.4 is 5.32 Å². The zero-order valence-corrected chi connectivity index (χ0v) is 16.5. The first-order chi connectivity index (χ1) is 14.4. The van der Waals surface area contributed by atoms with Gasteiger partial charge in [0.25, 0.3) is 0 Å². The van der Waals surface area contributed by atoms with Gasteiger partial charge in [0, 0.05) is 18.0 Å². The standard InChI is InChI=1S/C28H25N/c1-3-9-22(10-4-1)15-16-23-17-19-28(20-18-23,25-12-5-2-6-13-25)27-26-14-8-7-11-24(26)21-29-27/h1-19,27,29H,20-21H2. The Morgan fingerprint density at radius 2 is 1.52 bits per heavy atom. The van der Waals surface area contributed by atoms with Crippen molar-refractivity contribution < 1.29 is 0 Å². The monoisotopic (exact) mass is 375 g/mol. The maximum Gasteiger partial charge on any atom is 0.0462 e. The number of hydrogen-bond acceptors (Lipinski definition) is 1. The predicted octanol–water partition coefficient (Wildman–Crippen LogP) is 6.37. The van der Waals surface area contributed by atoms with Gasteiger partial charge < -0.3 is 5.32 Å². The van der Waals surface area contributed by atoms with E-state index in [2.05, 4.69) is 121 Å². The first-order valence-corrected chi connectivity index (χ1v) is 10.3. The molecule has 0 aromatic heterocycles. The van der Waals surface area contributed by atoms with Crippen molar-refractivity contribution >= 4 is 6.08 Å². The van der Waals surface area contributed by atoms with Gasteiger partial charge in [0.1, 0.15) is 0 Å². The van der Waals surface area contributed by atoms with Crippen LogP contribution in [0.15, 0.2) is 115 Å². The molecule has 5 rings (SSSR count). The number of nitrogens with one attached hydrogen (secondary N) is 1. The Hall–Kier alpha value is -3.16. The Kier molecular flexibility index (Phi) is 4.75. The molecule has 1 N–H and O–H groups in total. The van der Waals surface area contributed by atoms with Gasteiger partial charge in [-0.05, 0) is 34.2 Å². The number of hydrogen-bond donors (Lipinski definition) is 1. The van der Waals surface area contributed by atoms with Crippen molar-refractivity contribution in [2.24, 2.45) is 0 Å². The van der Waals surface area contributed by atoms with Crippen LogP contribution in [0.2, 0.25) is 0 Å². The van der Waals surface area contributed by atoms with Crippen molar-refractivity contribution in [3.63, 3.8) is 0 Å². The summed E-state index contributed by atoms with van der Waals surface area (Å²) >= 11 is 0. The molecule has 0 bridgehead atoms. The maximum atomic E-state index is 3.81. The van der Waals surface area contributed by atoms with Gasteiger partial charge in [-0.25, -0.2) is 0 Å². The third-order valence-corrected chi connectivity index (χ3v) is 6.21. The second-order valence-electron chi connectivity index (χ2n) is 7.90. The van der Waals surface area contributed by atoms with E-state index in [1.54, 1.807) is 0 Å². The lowest BCUT2D eigenvalue weighted by molar-refractivity contribution is 0.380. The molecule has 3 aromatic rings. The van der Waals surface area contributed by atoms with E-state index < -0.39 is 0 Å². The van der Waals surface area contributed by atoms with Crippen molar-refractivity contribution in [3.05, 3.63) is 137 Å². The molecule has 3 aromatic carbocycles. The Labute approximate surface area is 173 Å². The fourth-order valence-corrected chi connectivity index (χ4v) is 4.65. The van der Waals surface area contributed by atoms with Crippen molar-refractivity contribution in [1.29, 1.82) is 0 Å². The highest BCUT2D eigenvalue weighted by molar-refractivity contribution is 5.56. The minimum Gasteiger partial charge on any atom is -0.305 e. The molecule has 29 heavy (non-hydrogen) atoms. The van der Waals surface area contributed by atoms with Crippen LogP contribution in [0.5, 0.6) is 0 Å². The highest BCUT2D eigenvalue weighted by atomic mass is 15.0. The molecule has 0 saturated carbocycles. The van der Waals surface area contributed by atoms with E-state index in [1.807, 2.05) is 0 Å². The fourth-order valence-electron chi connectivity index (χ4n) is 4.65. The summed E-state index contributed by atoms with van der Waals surface area (Å²) in [5, 5.41) is 3.81.